The third-order valence-electron chi connectivity index (χ3n) is 1.41. The van der Waals surface area contributed by atoms with E-state index in [1.54, 1.807) is 6.07 Å². The van der Waals surface area contributed by atoms with Gasteiger partial charge in [0.15, 0.2) is 6.04 Å². The molecule has 0 spiro atoms. The number of ketones is 1. The SMILES string of the molecule is NC(C(=O)O)C(=O)c1ccc[nH]1. The summed E-state index contributed by atoms with van der Waals surface area (Å²) in [5.74, 6) is -1.94. The molecule has 1 aromatic heterocycles. The first-order chi connectivity index (χ1) is 5.63. The fourth-order valence-corrected chi connectivity index (χ4v) is 0.763. The van der Waals surface area contributed by atoms with Crippen LogP contribution in [0.5, 0.6) is 0 Å². The summed E-state index contributed by atoms with van der Waals surface area (Å²) in [5.41, 5.74) is 5.30. The summed E-state index contributed by atoms with van der Waals surface area (Å²) >= 11 is 0. The second-order valence-electron chi connectivity index (χ2n) is 2.26. The van der Waals surface area contributed by atoms with E-state index in [2.05, 4.69) is 4.98 Å². The smallest absolute Gasteiger partial charge is 0.328 e. The highest BCUT2D eigenvalue weighted by Gasteiger charge is 2.22. The Morgan fingerprint density at radius 2 is 2.25 bits per heavy atom. The molecule has 1 heterocycles. The third-order valence-corrected chi connectivity index (χ3v) is 1.41. The number of carboxylic acid groups (broad SMARTS) is 1. The van der Waals surface area contributed by atoms with E-state index >= 15 is 0 Å². The van der Waals surface area contributed by atoms with Crippen molar-refractivity contribution in [1.82, 2.24) is 4.98 Å². The van der Waals surface area contributed by atoms with Gasteiger partial charge in [-0.1, -0.05) is 0 Å². The van der Waals surface area contributed by atoms with Gasteiger partial charge in [-0.25, -0.2) is 0 Å². The zero-order valence-electron chi connectivity index (χ0n) is 6.15. The number of aromatic nitrogens is 1. The summed E-state index contributed by atoms with van der Waals surface area (Å²) in [5, 5.41) is 8.39. The maximum absolute atomic E-state index is 11.1. The Morgan fingerprint density at radius 3 is 2.67 bits per heavy atom. The van der Waals surface area contributed by atoms with Crippen LogP contribution in [0.15, 0.2) is 18.3 Å². The lowest BCUT2D eigenvalue weighted by molar-refractivity contribution is -0.137. The number of carboxylic acids is 1. The van der Waals surface area contributed by atoms with Crippen molar-refractivity contribution in [3.8, 4) is 0 Å². The van der Waals surface area contributed by atoms with Crippen molar-refractivity contribution >= 4 is 11.8 Å². The van der Waals surface area contributed by atoms with Crippen molar-refractivity contribution in [1.29, 1.82) is 0 Å². The number of hydrogen-bond acceptors (Lipinski definition) is 3. The Balaban J connectivity index is 2.79. The van der Waals surface area contributed by atoms with Crippen molar-refractivity contribution < 1.29 is 14.7 Å². The van der Waals surface area contributed by atoms with Gasteiger partial charge in [-0.3, -0.25) is 9.59 Å². The minimum atomic E-state index is -1.48. The molecule has 1 aromatic rings. The highest BCUT2D eigenvalue weighted by molar-refractivity contribution is 6.10. The number of H-pyrrole nitrogens is 1. The first-order valence-corrected chi connectivity index (χ1v) is 3.29. The van der Waals surface area contributed by atoms with E-state index < -0.39 is 17.8 Å². The Morgan fingerprint density at radius 1 is 1.58 bits per heavy atom. The van der Waals surface area contributed by atoms with E-state index in [0.717, 1.165) is 0 Å². The number of aliphatic carboxylic acids is 1. The van der Waals surface area contributed by atoms with Crippen LogP contribution in [0.25, 0.3) is 0 Å². The van der Waals surface area contributed by atoms with Crippen molar-refractivity contribution in [2.24, 2.45) is 5.73 Å². The van der Waals surface area contributed by atoms with Crippen molar-refractivity contribution in [3.63, 3.8) is 0 Å². The molecule has 64 valence electrons. The van der Waals surface area contributed by atoms with E-state index in [4.69, 9.17) is 10.8 Å². The van der Waals surface area contributed by atoms with Crippen LogP contribution in [0.4, 0.5) is 0 Å². The molecular formula is C7H8N2O3. The molecule has 1 rings (SSSR count). The average molecular weight is 168 g/mol. The molecule has 1 unspecified atom stereocenters. The summed E-state index contributed by atoms with van der Waals surface area (Å²) in [6.07, 6.45) is 1.53. The van der Waals surface area contributed by atoms with Crippen LogP contribution in [0.3, 0.4) is 0 Å². The first kappa shape index (κ1) is 8.48. The molecule has 0 aliphatic heterocycles. The molecule has 0 saturated heterocycles. The second-order valence-corrected chi connectivity index (χ2v) is 2.26. The number of nitrogens with two attached hydrogens (primary N) is 1. The van der Waals surface area contributed by atoms with Gasteiger partial charge in [0, 0.05) is 6.20 Å². The molecule has 0 fully saturated rings. The van der Waals surface area contributed by atoms with Gasteiger partial charge < -0.3 is 15.8 Å². The van der Waals surface area contributed by atoms with Crippen LogP contribution in [-0.2, 0) is 4.79 Å². The molecule has 0 aliphatic rings. The van der Waals surface area contributed by atoms with Crippen molar-refractivity contribution in [3.05, 3.63) is 24.0 Å². The molecule has 0 aliphatic carbocycles. The molecule has 0 saturated carbocycles. The lowest BCUT2D eigenvalue weighted by Crippen LogP contribution is -2.38. The standard InChI is InChI=1S/C7H8N2O3/c8-5(7(11)12)6(10)4-2-1-3-9-4/h1-3,5,9H,8H2,(H,11,12). The van der Waals surface area contributed by atoms with E-state index in [1.165, 1.54) is 12.3 Å². The average Bonchev–Trinajstić information content (AvgIpc) is 2.53. The van der Waals surface area contributed by atoms with Gasteiger partial charge in [-0.15, -0.1) is 0 Å². The summed E-state index contributed by atoms with van der Waals surface area (Å²) < 4.78 is 0. The molecule has 0 amide bonds. The van der Waals surface area contributed by atoms with Crippen LogP contribution in [0, 0.1) is 0 Å². The molecule has 4 N–H and O–H groups in total. The van der Waals surface area contributed by atoms with Gasteiger partial charge in [0.25, 0.3) is 0 Å². The zero-order chi connectivity index (χ0) is 9.14. The Hall–Kier alpha value is -1.62. The quantitative estimate of drug-likeness (QED) is 0.423. The Bertz CT molecular complexity index is 292. The number of nitrogens with one attached hydrogen (secondary N) is 1. The molecule has 1 atom stereocenters. The maximum Gasteiger partial charge on any atom is 0.328 e. The minimum Gasteiger partial charge on any atom is -0.480 e. The van der Waals surface area contributed by atoms with E-state index in [9.17, 15) is 9.59 Å². The molecule has 0 radical (unpaired) electrons. The molecule has 5 heteroatoms. The van der Waals surface area contributed by atoms with Gasteiger partial charge in [-0.2, -0.15) is 0 Å². The van der Waals surface area contributed by atoms with Crippen LogP contribution in [-0.4, -0.2) is 27.9 Å². The monoisotopic (exact) mass is 168 g/mol. The Labute approximate surface area is 68.2 Å². The fourth-order valence-electron chi connectivity index (χ4n) is 0.763. The summed E-state index contributed by atoms with van der Waals surface area (Å²) in [6.45, 7) is 0. The van der Waals surface area contributed by atoms with Crippen LogP contribution < -0.4 is 5.73 Å². The van der Waals surface area contributed by atoms with E-state index in [1.807, 2.05) is 0 Å². The largest absolute Gasteiger partial charge is 0.480 e. The van der Waals surface area contributed by atoms with Crippen LogP contribution in [0.1, 0.15) is 10.5 Å². The van der Waals surface area contributed by atoms with Gasteiger partial charge in [0.2, 0.25) is 5.78 Å². The summed E-state index contributed by atoms with van der Waals surface area (Å²) in [7, 11) is 0. The van der Waals surface area contributed by atoms with Crippen LogP contribution in [0.2, 0.25) is 0 Å². The fraction of sp³-hybridized carbons (Fsp3) is 0.143. The van der Waals surface area contributed by atoms with E-state index in [0.29, 0.717) is 0 Å². The maximum atomic E-state index is 11.1. The molecule has 0 bridgehead atoms. The predicted octanol–water partition coefficient (Wildman–Crippen LogP) is -0.391. The molecule has 5 nitrogen and oxygen atoms in total. The number of carbonyl (C=O) groups is 2. The predicted molar refractivity (Wildman–Crippen MR) is 40.7 cm³/mol. The van der Waals surface area contributed by atoms with Crippen molar-refractivity contribution in [2.45, 2.75) is 6.04 Å². The lowest BCUT2D eigenvalue weighted by Gasteiger charge is -2.01. The van der Waals surface area contributed by atoms with Gasteiger partial charge in [0.05, 0.1) is 5.69 Å². The van der Waals surface area contributed by atoms with Gasteiger partial charge in [0.1, 0.15) is 0 Å². The number of aromatic amines is 1. The molecule has 0 aromatic carbocycles. The number of hydrogen-bond donors (Lipinski definition) is 3. The zero-order valence-corrected chi connectivity index (χ0v) is 6.15. The van der Waals surface area contributed by atoms with E-state index in [-0.39, 0.29) is 5.69 Å². The molecule has 12 heavy (non-hydrogen) atoms. The Kier molecular flexibility index (Phi) is 2.25. The number of carbonyl (C=O) groups excluding carboxylic acids is 1. The highest BCUT2D eigenvalue weighted by atomic mass is 16.4. The van der Waals surface area contributed by atoms with Gasteiger partial charge >= 0.3 is 5.97 Å². The lowest BCUT2D eigenvalue weighted by atomic mass is 10.1. The minimum absolute atomic E-state index is 0.213. The summed E-state index contributed by atoms with van der Waals surface area (Å²) in [4.78, 5) is 24.0. The number of rotatable bonds is 3. The molecular weight excluding hydrogens is 160 g/mol. The normalized spacial score (nSPS) is 12.4. The van der Waals surface area contributed by atoms with Crippen LogP contribution >= 0.6 is 0 Å². The highest BCUT2D eigenvalue weighted by Crippen LogP contribution is 1.98. The topological polar surface area (TPSA) is 96.2 Å². The summed E-state index contributed by atoms with van der Waals surface area (Å²) in [6, 6.07) is 1.59. The first-order valence-electron chi connectivity index (χ1n) is 3.29. The van der Waals surface area contributed by atoms with Gasteiger partial charge in [-0.05, 0) is 12.1 Å². The second kappa shape index (κ2) is 3.19. The van der Waals surface area contributed by atoms with Crippen molar-refractivity contribution in [2.75, 3.05) is 0 Å². The number of Topliss-reactive ketones (excluding diaryl/α,β-unsaturated/α-hetero) is 1. The third kappa shape index (κ3) is 1.51.